The maximum atomic E-state index is 12.1. The predicted molar refractivity (Wildman–Crippen MR) is 97.7 cm³/mol. The third kappa shape index (κ3) is 5.11. The molecular weight excluding hydrogens is 314 g/mol. The first-order valence-electron chi connectivity index (χ1n) is 8.03. The number of carbonyl (C=O) groups excluding carboxylic acids is 1. The number of rotatable bonds is 6. The second kappa shape index (κ2) is 8.02. The molecule has 0 saturated carbocycles. The molecule has 3 aromatic carbocycles. The van der Waals surface area contributed by atoms with Gasteiger partial charge in [0, 0.05) is 5.69 Å². The van der Waals surface area contributed by atoms with Gasteiger partial charge in [-0.05, 0) is 47.5 Å². The molecule has 4 nitrogen and oxygen atoms in total. The molecule has 0 bridgehead atoms. The summed E-state index contributed by atoms with van der Waals surface area (Å²) in [5, 5.41) is 12.1. The number of amides is 1. The Bertz CT molecular complexity index is 812. The number of carbonyl (C=O) groups is 1. The Hall–Kier alpha value is -3.27. The first-order chi connectivity index (χ1) is 12.2. The summed E-state index contributed by atoms with van der Waals surface area (Å²) in [6.45, 7) is 0.507. The largest absolute Gasteiger partial charge is 0.508 e. The summed E-state index contributed by atoms with van der Waals surface area (Å²) >= 11 is 0. The van der Waals surface area contributed by atoms with Gasteiger partial charge in [0.05, 0.1) is 6.42 Å². The van der Waals surface area contributed by atoms with E-state index in [-0.39, 0.29) is 18.1 Å². The van der Waals surface area contributed by atoms with Crippen LogP contribution in [-0.4, -0.2) is 11.0 Å². The molecule has 0 spiro atoms. The van der Waals surface area contributed by atoms with Gasteiger partial charge < -0.3 is 15.2 Å². The molecule has 0 unspecified atom stereocenters. The average Bonchev–Trinajstić information content (AvgIpc) is 2.64. The number of phenols is 1. The average molecular weight is 333 g/mol. The fourth-order valence-corrected chi connectivity index (χ4v) is 2.38. The number of aromatic hydroxyl groups is 1. The summed E-state index contributed by atoms with van der Waals surface area (Å²) in [6.07, 6.45) is 0.256. The Morgan fingerprint density at radius 3 is 2.20 bits per heavy atom. The standard InChI is InChI=1S/C21H19NO3/c23-19-10-6-16(7-11-19)14-21(24)22-18-8-12-20(13-9-18)25-15-17-4-2-1-3-5-17/h1-13,23H,14-15H2,(H,22,24). The lowest BCUT2D eigenvalue weighted by Crippen LogP contribution is -2.14. The molecular formula is C21H19NO3. The van der Waals surface area contributed by atoms with E-state index < -0.39 is 0 Å². The van der Waals surface area contributed by atoms with Gasteiger partial charge in [-0.1, -0.05) is 42.5 Å². The second-order valence-electron chi connectivity index (χ2n) is 5.69. The van der Waals surface area contributed by atoms with Crippen LogP contribution in [0.15, 0.2) is 78.9 Å². The SMILES string of the molecule is O=C(Cc1ccc(O)cc1)Nc1ccc(OCc2ccccc2)cc1. The van der Waals surface area contributed by atoms with Crippen molar-refractivity contribution in [2.24, 2.45) is 0 Å². The van der Waals surface area contributed by atoms with Crippen LogP contribution in [0.2, 0.25) is 0 Å². The molecule has 0 heterocycles. The van der Waals surface area contributed by atoms with Gasteiger partial charge in [0.2, 0.25) is 5.91 Å². The predicted octanol–water partition coefficient (Wildman–Crippen LogP) is 4.15. The van der Waals surface area contributed by atoms with Gasteiger partial charge in [-0.2, -0.15) is 0 Å². The minimum absolute atomic E-state index is 0.108. The van der Waals surface area contributed by atoms with Crippen molar-refractivity contribution in [3.8, 4) is 11.5 Å². The van der Waals surface area contributed by atoms with Crippen molar-refractivity contribution in [2.45, 2.75) is 13.0 Å². The van der Waals surface area contributed by atoms with E-state index in [1.54, 1.807) is 24.3 Å². The van der Waals surface area contributed by atoms with Crippen molar-refractivity contribution in [2.75, 3.05) is 5.32 Å². The van der Waals surface area contributed by atoms with Crippen LogP contribution in [-0.2, 0) is 17.8 Å². The van der Waals surface area contributed by atoms with E-state index in [2.05, 4.69) is 5.32 Å². The summed E-state index contributed by atoms with van der Waals surface area (Å²) in [4.78, 5) is 12.1. The van der Waals surface area contributed by atoms with E-state index in [0.717, 1.165) is 22.6 Å². The summed E-state index contributed by atoms with van der Waals surface area (Å²) in [6, 6.07) is 23.8. The third-order valence-corrected chi connectivity index (χ3v) is 3.69. The molecule has 25 heavy (non-hydrogen) atoms. The zero-order valence-electron chi connectivity index (χ0n) is 13.7. The van der Waals surface area contributed by atoms with Crippen molar-refractivity contribution in [3.05, 3.63) is 90.0 Å². The molecule has 1 amide bonds. The van der Waals surface area contributed by atoms with Gasteiger partial charge in [0.15, 0.2) is 0 Å². The summed E-state index contributed by atoms with van der Waals surface area (Å²) in [7, 11) is 0. The van der Waals surface area contributed by atoms with E-state index in [1.165, 1.54) is 0 Å². The normalized spacial score (nSPS) is 10.2. The zero-order chi connectivity index (χ0) is 17.5. The van der Waals surface area contributed by atoms with Crippen LogP contribution in [0.5, 0.6) is 11.5 Å². The van der Waals surface area contributed by atoms with Gasteiger partial charge >= 0.3 is 0 Å². The number of hydrogen-bond donors (Lipinski definition) is 2. The van der Waals surface area contributed by atoms with Crippen molar-refractivity contribution in [1.82, 2.24) is 0 Å². The van der Waals surface area contributed by atoms with Gasteiger partial charge in [-0.25, -0.2) is 0 Å². The molecule has 3 rings (SSSR count). The molecule has 0 aliphatic rings. The number of hydrogen-bond acceptors (Lipinski definition) is 3. The summed E-state index contributed by atoms with van der Waals surface area (Å²) in [5.41, 5.74) is 2.67. The quantitative estimate of drug-likeness (QED) is 0.712. The molecule has 0 saturated heterocycles. The Labute approximate surface area is 146 Å². The van der Waals surface area contributed by atoms with Crippen LogP contribution in [0, 0.1) is 0 Å². The number of ether oxygens (including phenoxy) is 1. The number of anilines is 1. The van der Waals surface area contributed by atoms with Gasteiger partial charge in [0.1, 0.15) is 18.1 Å². The van der Waals surface area contributed by atoms with E-state index in [1.807, 2.05) is 54.6 Å². The zero-order valence-corrected chi connectivity index (χ0v) is 13.7. The van der Waals surface area contributed by atoms with Gasteiger partial charge in [0.25, 0.3) is 0 Å². The smallest absolute Gasteiger partial charge is 0.228 e. The fraction of sp³-hybridized carbons (Fsp3) is 0.0952. The van der Waals surface area contributed by atoms with Crippen LogP contribution >= 0.6 is 0 Å². The Morgan fingerprint density at radius 2 is 1.52 bits per heavy atom. The Balaban J connectivity index is 1.51. The maximum Gasteiger partial charge on any atom is 0.228 e. The minimum Gasteiger partial charge on any atom is -0.508 e. The van der Waals surface area contributed by atoms with E-state index in [0.29, 0.717) is 6.61 Å². The van der Waals surface area contributed by atoms with Crippen molar-refractivity contribution < 1.29 is 14.6 Å². The number of nitrogens with one attached hydrogen (secondary N) is 1. The van der Waals surface area contributed by atoms with Crippen LogP contribution in [0.25, 0.3) is 0 Å². The third-order valence-electron chi connectivity index (χ3n) is 3.69. The molecule has 0 atom stereocenters. The summed E-state index contributed by atoms with van der Waals surface area (Å²) in [5.74, 6) is 0.833. The number of phenolic OH excluding ortho intramolecular Hbond substituents is 1. The molecule has 2 N–H and O–H groups in total. The van der Waals surface area contributed by atoms with Crippen LogP contribution in [0.1, 0.15) is 11.1 Å². The van der Waals surface area contributed by atoms with Crippen LogP contribution in [0.3, 0.4) is 0 Å². The van der Waals surface area contributed by atoms with E-state index in [4.69, 9.17) is 4.74 Å². The lowest BCUT2D eigenvalue weighted by atomic mass is 10.1. The minimum atomic E-state index is -0.108. The monoisotopic (exact) mass is 333 g/mol. The number of benzene rings is 3. The lowest BCUT2D eigenvalue weighted by Gasteiger charge is -2.09. The molecule has 0 radical (unpaired) electrons. The topological polar surface area (TPSA) is 58.6 Å². The van der Waals surface area contributed by atoms with E-state index in [9.17, 15) is 9.90 Å². The highest BCUT2D eigenvalue weighted by Gasteiger charge is 2.05. The maximum absolute atomic E-state index is 12.1. The van der Waals surface area contributed by atoms with E-state index >= 15 is 0 Å². The molecule has 0 aliphatic carbocycles. The van der Waals surface area contributed by atoms with Crippen LogP contribution in [0.4, 0.5) is 5.69 Å². The van der Waals surface area contributed by atoms with Gasteiger partial charge in [-0.3, -0.25) is 4.79 Å². The van der Waals surface area contributed by atoms with Crippen molar-refractivity contribution in [1.29, 1.82) is 0 Å². The molecule has 0 fully saturated rings. The first kappa shape index (κ1) is 16.6. The Kier molecular flexibility index (Phi) is 5.32. The highest BCUT2D eigenvalue weighted by Crippen LogP contribution is 2.18. The molecule has 126 valence electrons. The Morgan fingerprint density at radius 1 is 0.840 bits per heavy atom. The first-order valence-corrected chi connectivity index (χ1v) is 8.03. The molecule has 0 aliphatic heterocycles. The highest BCUT2D eigenvalue weighted by atomic mass is 16.5. The highest BCUT2D eigenvalue weighted by molar-refractivity contribution is 5.92. The molecule has 4 heteroatoms. The van der Waals surface area contributed by atoms with Crippen LogP contribution < -0.4 is 10.1 Å². The lowest BCUT2D eigenvalue weighted by molar-refractivity contribution is -0.115. The second-order valence-corrected chi connectivity index (χ2v) is 5.69. The van der Waals surface area contributed by atoms with Crippen molar-refractivity contribution in [3.63, 3.8) is 0 Å². The molecule has 3 aromatic rings. The summed E-state index contributed by atoms with van der Waals surface area (Å²) < 4.78 is 5.72. The molecule has 0 aromatic heterocycles. The fourth-order valence-electron chi connectivity index (χ4n) is 2.38. The van der Waals surface area contributed by atoms with Gasteiger partial charge in [-0.15, -0.1) is 0 Å². The van der Waals surface area contributed by atoms with Crippen molar-refractivity contribution >= 4 is 11.6 Å².